The number of amides is 1. The fourth-order valence-electron chi connectivity index (χ4n) is 2.77. The minimum Gasteiger partial charge on any atom is -0.497 e. The number of halogens is 1. The molecular weight excluding hydrogens is 422 g/mol. The van der Waals surface area contributed by atoms with Crippen molar-refractivity contribution in [3.63, 3.8) is 0 Å². The molecule has 6 nitrogen and oxygen atoms in total. The van der Waals surface area contributed by atoms with Crippen LogP contribution in [-0.2, 0) is 0 Å². The van der Waals surface area contributed by atoms with E-state index in [9.17, 15) is 4.79 Å². The first-order chi connectivity index (χ1) is 13.5. The number of aryl methyl sites for hydroxylation is 1. The standard InChI is InChI=1S/C21H20BrN3O3/c1-14-10-15(13-25(14)17-5-7-18(27-2)8-6-17)12-23-24-21(26)19-11-16(22)4-9-20(19)28-3/h4-13H,1-3H3,(H,24,26)/b23-12-. The van der Waals surface area contributed by atoms with Crippen LogP contribution in [0.5, 0.6) is 11.5 Å². The molecule has 0 unspecified atom stereocenters. The van der Waals surface area contributed by atoms with Crippen LogP contribution in [0, 0.1) is 6.92 Å². The largest absolute Gasteiger partial charge is 0.497 e. The SMILES string of the molecule is COc1ccc(-n2cc(/C=N\NC(=O)c3cc(Br)ccc3OC)cc2C)cc1. The van der Waals surface area contributed by atoms with Crippen LogP contribution in [0.25, 0.3) is 5.69 Å². The topological polar surface area (TPSA) is 64.8 Å². The van der Waals surface area contributed by atoms with Gasteiger partial charge in [-0.3, -0.25) is 4.79 Å². The predicted molar refractivity (Wildman–Crippen MR) is 113 cm³/mol. The van der Waals surface area contributed by atoms with Gasteiger partial charge < -0.3 is 14.0 Å². The summed E-state index contributed by atoms with van der Waals surface area (Å²) in [7, 11) is 3.16. The van der Waals surface area contributed by atoms with Crippen LogP contribution in [-0.4, -0.2) is 30.9 Å². The van der Waals surface area contributed by atoms with E-state index >= 15 is 0 Å². The normalized spacial score (nSPS) is 10.9. The molecule has 2 aromatic carbocycles. The molecule has 7 heteroatoms. The molecule has 0 radical (unpaired) electrons. The molecular formula is C21H20BrN3O3. The minimum absolute atomic E-state index is 0.347. The molecule has 1 amide bonds. The summed E-state index contributed by atoms with van der Waals surface area (Å²) in [5, 5.41) is 4.07. The van der Waals surface area contributed by atoms with Crippen LogP contribution in [0.1, 0.15) is 21.6 Å². The maximum atomic E-state index is 12.4. The lowest BCUT2D eigenvalue weighted by atomic mass is 10.2. The summed E-state index contributed by atoms with van der Waals surface area (Å²) < 4.78 is 13.2. The van der Waals surface area contributed by atoms with E-state index in [0.29, 0.717) is 11.3 Å². The lowest BCUT2D eigenvalue weighted by Crippen LogP contribution is -2.18. The van der Waals surface area contributed by atoms with Crippen LogP contribution in [0.15, 0.2) is 64.3 Å². The number of benzene rings is 2. The Kier molecular flexibility index (Phi) is 6.16. The molecule has 0 aliphatic carbocycles. The quantitative estimate of drug-likeness (QED) is 0.457. The second-order valence-electron chi connectivity index (χ2n) is 6.03. The Morgan fingerprint density at radius 1 is 1.11 bits per heavy atom. The number of ether oxygens (including phenoxy) is 2. The first-order valence-corrected chi connectivity index (χ1v) is 9.31. The van der Waals surface area contributed by atoms with E-state index < -0.39 is 0 Å². The zero-order chi connectivity index (χ0) is 20.1. The van der Waals surface area contributed by atoms with Gasteiger partial charge in [0, 0.05) is 27.6 Å². The lowest BCUT2D eigenvalue weighted by molar-refractivity contribution is 0.0952. The maximum Gasteiger partial charge on any atom is 0.275 e. The van der Waals surface area contributed by atoms with Gasteiger partial charge in [-0.15, -0.1) is 0 Å². The van der Waals surface area contributed by atoms with Crippen molar-refractivity contribution in [3.05, 3.63) is 76.0 Å². The summed E-state index contributed by atoms with van der Waals surface area (Å²) in [5.74, 6) is 0.944. The van der Waals surface area contributed by atoms with Crippen molar-refractivity contribution >= 4 is 28.1 Å². The lowest BCUT2D eigenvalue weighted by Gasteiger charge is -2.07. The number of rotatable bonds is 6. The zero-order valence-corrected chi connectivity index (χ0v) is 17.4. The molecule has 0 bridgehead atoms. The Morgan fingerprint density at radius 2 is 1.86 bits per heavy atom. The number of methoxy groups -OCH3 is 2. The fraction of sp³-hybridized carbons (Fsp3) is 0.143. The molecule has 0 aliphatic heterocycles. The van der Waals surface area contributed by atoms with E-state index in [-0.39, 0.29) is 5.91 Å². The maximum absolute atomic E-state index is 12.4. The van der Waals surface area contributed by atoms with Gasteiger partial charge in [0.25, 0.3) is 5.91 Å². The highest BCUT2D eigenvalue weighted by Crippen LogP contribution is 2.23. The summed E-state index contributed by atoms with van der Waals surface area (Å²) in [5.41, 5.74) is 5.87. The molecule has 0 saturated heterocycles. The Morgan fingerprint density at radius 3 is 2.54 bits per heavy atom. The number of carbonyl (C=O) groups excluding carboxylic acids is 1. The molecule has 0 saturated carbocycles. The molecule has 1 N–H and O–H groups in total. The van der Waals surface area contributed by atoms with Crippen molar-refractivity contribution in [1.29, 1.82) is 0 Å². The number of nitrogens with one attached hydrogen (secondary N) is 1. The van der Waals surface area contributed by atoms with Gasteiger partial charge in [0.15, 0.2) is 0 Å². The molecule has 1 aromatic heterocycles. The Balaban J connectivity index is 1.73. The molecule has 0 spiro atoms. The second-order valence-corrected chi connectivity index (χ2v) is 6.94. The van der Waals surface area contributed by atoms with E-state index in [0.717, 1.165) is 27.2 Å². The van der Waals surface area contributed by atoms with E-state index in [1.807, 2.05) is 54.1 Å². The smallest absolute Gasteiger partial charge is 0.275 e. The van der Waals surface area contributed by atoms with Crippen molar-refractivity contribution in [2.24, 2.45) is 5.10 Å². The van der Waals surface area contributed by atoms with Crippen LogP contribution >= 0.6 is 15.9 Å². The van der Waals surface area contributed by atoms with Gasteiger partial charge >= 0.3 is 0 Å². The first-order valence-electron chi connectivity index (χ1n) is 8.52. The molecule has 0 atom stereocenters. The van der Waals surface area contributed by atoms with Crippen molar-refractivity contribution in [1.82, 2.24) is 9.99 Å². The molecule has 144 valence electrons. The third-order valence-corrected chi connectivity index (χ3v) is 4.66. The second kappa shape index (κ2) is 8.75. The van der Waals surface area contributed by atoms with Crippen LogP contribution in [0.3, 0.4) is 0 Å². The summed E-state index contributed by atoms with van der Waals surface area (Å²) in [6.45, 7) is 2.01. The van der Waals surface area contributed by atoms with Crippen molar-refractivity contribution < 1.29 is 14.3 Å². The number of hydrazone groups is 1. The van der Waals surface area contributed by atoms with Crippen LogP contribution in [0.4, 0.5) is 0 Å². The van der Waals surface area contributed by atoms with E-state index in [1.165, 1.54) is 7.11 Å². The van der Waals surface area contributed by atoms with Crippen molar-refractivity contribution in [2.45, 2.75) is 6.92 Å². The van der Waals surface area contributed by atoms with E-state index in [4.69, 9.17) is 9.47 Å². The monoisotopic (exact) mass is 441 g/mol. The highest BCUT2D eigenvalue weighted by atomic mass is 79.9. The minimum atomic E-state index is -0.347. The molecule has 1 heterocycles. The number of hydrogen-bond donors (Lipinski definition) is 1. The van der Waals surface area contributed by atoms with E-state index in [1.54, 1.807) is 25.5 Å². The Labute approximate surface area is 171 Å². The summed E-state index contributed by atoms with van der Waals surface area (Å²) in [6.07, 6.45) is 3.56. The van der Waals surface area contributed by atoms with Gasteiger partial charge in [0.2, 0.25) is 0 Å². The van der Waals surface area contributed by atoms with Gasteiger partial charge in [-0.2, -0.15) is 5.10 Å². The number of nitrogens with zero attached hydrogens (tertiary/aromatic N) is 2. The van der Waals surface area contributed by atoms with Gasteiger partial charge in [-0.05, 0) is 55.5 Å². The van der Waals surface area contributed by atoms with Crippen LogP contribution < -0.4 is 14.9 Å². The van der Waals surface area contributed by atoms with Gasteiger partial charge in [0.05, 0.1) is 26.0 Å². The zero-order valence-electron chi connectivity index (χ0n) is 15.8. The highest BCUT2D eigenvalue weighted by molar-refractivity contribution is 9.10. The Bertz CT molecular complexity index is 1010. The predicted octanol–water partition coefficient (Wildman–Crippen LogP) is 4.33. The van der Waals surface area contributed by atoms with Crippen molar-refractivity contribution in [3.8, 4) is 17.2 Å². The van der Waals surface area contributed by atoms with Gasteiger partial charge in [-0.25, -0.2) is 5.43 Å². The average Bonchev–Trinajstić information content (AvgIpc) is 3.08. The Hall–Kier alpha value is -3.06. The number of hydrogen-bond acceptors (Lipinski definition) is 4. The molecule has 28 heavy (non-hydrogen) atoms. The van der Waals surface area contributed by atoms with Crippen LogP contribution in [0.2, 0.25) is 0 Å². The first kappa shape index (κ1) is 19.7. The molecule has 3 rings (SSSR count). The number of carbonyl (C=O) groups is 1. The molecule has 0 aliphatic rings. The molecule has 0 fully saturated rings. The highest BCUT2D eigenvalue weighted by Gasteiger charge is 2.12. The fourth-order valence-corrected chi connectivity index (χ4v) is 3.13. The van der Waals surface area contributed by atoms with Gasteiger partial charge in [0.1, 0.15) is 11.5 Å². The van der Waals surface area contributed by atoms with Crippen molar-refractivity contribution in [2.75, 3.05) is 14.2 Å². The summed E-state index contributed by atoms with van der Waals surface area (Å²) in [6, 6.07) is 15.0. The van der Waals surface area contributed by atoms with Gasteiger partial charge in [-0.1, -0.05) is 15.9 Å². The third-order valence-electron chi connectivity index (χ3n) is 4.17. The summed E-state index contributed by atoms with van der Waals surface area (Å²) in [4.78, 5) is 12.4. The average molecular weight is 442 g/mol. The molecule has 3 aromatic rings. The third kappa shape index (κ3) is 4.43. The number of aromatic nitrogens is 1. The van der Waals surface area contributed by atoms with E-state index in [2.05, 4.69) is 26.5 Å². The summed E-state index contributed by atoms with van der Waals surface area (Å²) >= 11 is 3.36.